The summed E-state index contributed by atoms with van der Waals surface area (Å²) in [7, 11) is 1.37. The minimum atomic E-state index is -0.747. The fraction of sp³-hybridized carbons (Fsp3) is 0.176. The van der Waals surface area contributed by atoms with Crippen LogP contribution in [0.3, 0.4) is 0 Å². The molecule has 0 bridgehead atoms. The number of nitro groups is 1. The SMILES string of the molecule is COc1ccc([N+](=O)[O-])cc1NC(=O)C1=CC2C=CC=CC2OC1=O. The Morgan fingerprint density at radius 1 is 1.32 bits per heavy atom. The summed E-state index contributed by atoms with van der Waals surface area (Å²) in [4.78, 5) is 34.8. The van der Waals surface area contributed by atoms with E-state index in [4.69, 9.17) is 9.47 Å². The van der Waals surface area contributed by atoms with Crippen molar-refractivity contribution < 1.29 is 24.0 Å². The van der Waals surface area contributed by atoms with Crippen LogP contribution in [0.1, 0.15) is 0 Å². The maximum Gasteiger partial charge on any atom is 0.344 e. The van der Waals surface area contributed by atoms with Crippen molar-refractivity contribution in [2.75, 3.05) is 12.4 Å². The number of carbonyl (C=O) groups is 2. The van der Waals surface area contributed by atoms with Gasteiger partial charge in [0.2, 0.25) is 0 Å². The molecule has 2 atom stereocenters. The Balaban J connectivity index is 1.87. The number of nitrogens with zero attached hydrogens (tertiary/aromatic N) is 1. The maximum atomic E-state index is 12.5. The lowest BCUT2D eigenvalue weighted by Crippen LogP contribution is -2.34. The number of non-ortho nitro benzene ring substituents is 1. The van der Waals surface area contributed by atoms with E-state index < -0.39 is 22.9 Å². The Kier molecular flexibility index (Phi) is 4.34. The number of methoxy groups -OCH3 is 1. The first kappa shape index (κ1) is 16.4. The first-order valence-corrected chi connectivity index (χ1v) is 7.41. The van der Waals surface area contributed by atoms with Gasteiger partial charge in [-0.05, 0) is 12.1 Å². The third kappa shape index (κ3) is 3.27. The van der Waals surface area contributed by atoms with Gasteiger partial charge in [0, 0.05) is 18.1 Å². The van der Waals surface area contributed by atoms with Crippen molar-refractivity contribution in [3.05, 3.63) is 64.3 Å². The van der Waals surface area contributed by atoms with Crippen molar-refractivity contribution in [2.24, 2.45) is 5.92 Å². The third-order valence-corrected chi connectivity index (χ3v) is 3.83. The van der Waals surface area contributed by atoms with Crippen molar-refractivity contribution in [1.29, 1.82) is 0 Å². The lowest BCUT2D eigenvalue weighted by atomic mass is 9.92. The summed E-state index contributed by atoms with van der Waals surface area (Å²) >= 11 is 0. The van der Waals surface area contributed by atoms with Crippen LogP contribution in [0.5, 0.6) is 5.75 Å². The third-order valence-electron chi connectivity index (χ3n) is 3.83. The largest absolute Gasteiger partial charge is 0.495 e. The molecular weight excluding hydrogens is 328 g/mol. The average molecular weight is 342 g/mol. The molecule has 128 valence electrons. The zero-order valence-corrected chi connectivity index (χ0v) is 13.2. The Labute approximate surface area is 142 Å². The number of ether oxygens (including phenoxy) is 2. The highest BCUT2D eigenvalue weighted by atomic mass is 16.6. The van der Waals surface area contributed by atoms with Crippen LogP contribution in [0.4, 0.5) is 11.4 Å². The number of esters is 1. The zero-order valence-electron chi connectivity index (χ0n) is 13.2. The number of fused-ring (bicyclic) bond motifs is 1. The van der Waals surface area contributed by atoms with E-state index in [-0.39, 0.29) is 28.6 Å². The Hall–Kier alpha value is -3.42. The molecule has 0 radical (unpaired) electrons. The average Bonchev–Trinajstić information content (AvgIpc) is 2.60. The molecule has 8 heteroatoms. The smallest absolute Gasteiger partial charge is 0.344 e. The van der Waals surface area contributed by atoms with Gasteiger partial charge >= 0.3 is 5.97 Å². The van der Waals surface area contributed by atoms with E-state index >= 15 is 0 Å². The number of anilines is 1. The predicted molar refractivity (Wildman–Crippen MR) is 88.0 cm³/mol. The molecule has 3 rings (SSSR count). The van der Waals surface area contributed by atoms with E-state index in [1.54, 1.807) is 18.2 Å². The molecule has 1 aliphatic heterocycles. The monoisotopic (exact) mass is 342 g/mol. The summed E-state index contributed by atoms with van der Waals surface area (Å²) < 4.78 is 10.3. The van der Waals surface area contributed by atoms with Gasteiger partial charge in [-0.1, -0.05) is 24.3 Å². The van der Waals surface area contributed by atoms with Crippen LogP contribution in [0.15, 0.2) is 54.2 Å². The van der Waals surface area contributed by atoms with Crippen LogP contribution in [-0.4, -0.2) is 30.0 Å². The van der Waals surface area contributed by atoms with Crippen molar-refractivity contribution in [1.82, 2.24) is 0 Å². The van der Waals surface area contributed by atoms with Crippen molar-refractivity contribution in [2.45, 2.75) is 6.10 Å². The van der Waals surface area contributed by atoms with Crippen LogP contribution in [0.2, 0.25) is 0 Å². The number of hydrogen-bond donors (Lipinski definition) is 1. The number of amides is 1. The summed E-state index contributed by atoms with van der Waals surface area (Å²) in [5.74, 6) is -1.45. The van der Waals surface area contributed by atoms with E-state index in [0.717, 1.165) is 6.07 Å². The molecule has 1 aromatic carbocycles. The van der Waals surface area contributed by atoms with Crippen molar-refractivity contribution in [3.8, 4) is 5.75 Å². The first-order valence-electron chi connectivity index (χ1n) is 7.41. The zero-order chi connectivity index (χ0) is 18.0. The molecule has 0 spiro atoms. The normalized spacial score (nSPS) is 21.0. The van der Waals surface area contributed by atoms with E-state index in [0.29, 0.717) is 0 Å². The van der Waals surface area contributed by atoms with Crippen LogP contribution in [0, 0.1) is 16.0 Å². The number of carbonyl (C=O) groups excluding carboxylic acids is 2. The van der Waals surface area contributed by atoms with E-state index in [9.17, 15) is 19.7 Å². The van der Waals surface area contributed by atoms with Gasteiger partial charge in [-0.25, -0.2) is 4.79 Å². The fourth-order valence-corrected chi connectivity index (χ4v) is 2.58. The molecule has 2 unspecified atom stereocenters. The number of nitro benzene ring substituents is 1. The number of rotatable bonds is 4. The molecule has 8 nitrogen and oxygen atoms in total. The molecule has 0 saturated heterocycles. The fourth-order valence-electron chi connectivity index (χ4n) is 2.58. The van der Waals surface area contributed by atoms with Crippen LogP contribution in [-0.2, 0) is 14.3 Å². The molecule has 0 fully saturated rings. The summed E-state index contributed by atoms with van der Waals surface area (Å²) in [5.41, 5.74) is -0.275. The lowest BCUT2D eigenvalue weighted by molar-refractivity contribution is -0.384. The Bertz CT molecular complexity index is 840. The Morgan fingerprint density at radius 2 is 2.08 bits per heavy atom. The van der Waals surface area contributed by atoms with Crippen molar-refractivity contribution >= 4 is 23.3 Å². The van der Waals surface area contributed by atoms with E-state index in [1.165, 1.54) is 25.3 Å². The molecule has 1 N–H and O–H groups in total. The second kappa shape index (κ2) is 6.60. The number of benzene rings is 1. The minimum Gasteiger partial charge on any atom is -0.495 e. The minimum absolute atomic E-state index is 0.0941. The van der Waals surface area contributed by atoms with Gasteiger partial charge in [-0.2, -0.15) is 0 Å². The van der Waals surface area contributed by atoms with E-state index in [2.05, 4.69) is 5.32 Å². The van der Waals surface area contributed by atoms with Crippen LogP contribution >= 0.6 is 0 Å². The second-order valence-electron chi connectivity index (χ2n) is 5.39. The van der Waals surface area contributed by atoms with Crippen LogP contribution < -0.4 is 10.1 Å². The molecule has 25 heavy (non-hydrogen) atoms. The van der Waals surface area contributed by atoms with Gasteiger partial charge in [-0.3, -0.25) is 14.9 Å². The molecule has 1 amide bonds. The van der Waals surface area contributed by atoms with Gasteiger partial charge in [0.05, 0.1) is 17.7 Å². The molecule has 1 heterocycles. The number of nitrogens with one attached hydrogen (secondary N) is 1. The molecule has 0 aromatic heterocycles. The number of hydrogen-bond acceptors (Lipinski definition) is 6. The van der Waals surface area contributed by atoms with Crippen LogP contribution in [0.25, 0.3) is 0 Å². The Morgan fingerprint density at radius 3 is 2.80 bits per heavy atom. The molecule has 1 aliphatic carbocycles. The first-order chi connectivity index (χ1) is 12.0. The van der Waals surface area contributed by atoms with E-state index in [1.807, 2.05) is 6.08 Å². The molecule has 2 aliphatic rings. The highest BCUT2D eigenvalue weighted by Gasteiger charge is 2.33. The highest BCUT2D eigenvalue weighted by Crippen LogP contribution is 2.30. The summed E-state index contributed by atoms with van der Waals surface area (Å²) in [6.07, 6.45) is 8.21. The van der Waals surface area contributed by atoms with Gasteiger partial charge in [0.15, 0.2) is 0 Å². The predicted octanol–water partition coefficient (Wildman–Crippen LogP) is 2.14. The molecule has 0 saturated carbocycles. The second-order valence-corrected chi connectivity index (χ2v) is 5.39. The lowest BCUT2D eigenvalue weighted by Gasteiger charge is -2.27. The summed E-state index contributed by atoms with van der Waals surface area (Å²) in [6.45, 7) is 0. The van der Waals surface area contributed by atoms with Gasteiger partial charge in [0.25, 0.3) is 11.6 Å². The highest BCUT2D eigenvalue weighted by molar-refractivity contribution is 6.21. The van der Waals surface area contributed by atoms with Gasteiger partial charge in [0.1, 0.15) is 17.4 Å². The van der Waals surface area contributed by atoms with Crippen molar-refractivity contribution in [3.63, 3.8) is 0 Å². The summed E-state index contributed by atoms with van der Waals surface area (Å²) in [5, 5.41) is 13.4. The van der Waals surface area contributed by atoms with Gasteiger partial charge in [-0.15, -0.1) is 0 Å². The maximum absolute atomic E-state index is 12.5. The molecular formula is C17H14N2O6. The quantitative estimate of drug-likeness (QED) is 0.389. The summed E-state index contributed by atoms with van der Waals surface area (Å²) in [6, 6.07) is 3.79. The standard InChI is InChI=1S/C17H14N2O6/c1-24-15-7-6-11(19(22)23)9-13(15)18-16(20)12-8-10-4-2-3-5-14(10)25-17(12)21/h2-10,14H,1H3,(H,18,20). The topological polar surface area (TPSA) is 108 Å². The molecule has 1 aromatic rings. The number of allylic oxidation sites excluding steroid dienone is 2. The van der Waals surface area contributed by atoms with Gasteiger partial charge < -0.3 is 14.8 Å².